The molecule has 0 fully saturated rings. The van der Waals surface area contributed by atoms with Crippen LogP contribution in [0.3, 0.4) is 0 Å². The second-order valence-corrected chi connectivity index (χ2v) is 5.01. The van der Waals surface area contributed by atoms with Gasteiger partial charge in [-0.05, 0) is 24.4 Å². The molecular weight excluding hydrogens is 212 g/mol. The van der Waals surface area contributed by atoms with Gasteiger partial charge < -0.3 is 5.11 Å². The van der Waals surface area contributed by atoms with E-state index >= 15 is 0 Å². The fraction of sp³-hybridized carbons (Fsp3) is 0.273. The molecule has 0 spiro atoms. The normalized spacial score (nSPS) is 12.4. The summed E-state index contributed by atoms with van der Waals surface area (Å²) in [6.45, 7) is 1.79. The van der Waals surface area contributed by atoms with E-state index in [1.807, 2.05) is 0 Å². The Hall–Kier alpha value is -0.820. The highest BCUT2D eigenvalue weighted by Crippen LogP contribution is 2.34. The molecule has 0 aliphatic heterocycles. The number of hydrogen-bond donors (Lipinski definition) is 1. The molecule has 1 atom stereocenters. The molecule has 0 saturated carbocycles. The monoisotopic (exact) mass is 222 g/mol. The fourth-order valence-electron chi connectivity index (χ4n) is 1.25. The van der Waals surface area contributed by atoms with Crippen molar-refractivity contribution in [3.8, 4) is 11.8 Å². The van der Waals surface area contributed by atoms with Crippen LogP contribution in [0.4, 0.5) is 0 Å². The minimum Gasteiger partial charge on any atom is -0.387 e. The maximum atomic E-state index is 9.78. The Morgan fingerprint density at radius 1 is 1.50 bits per heavy atom. The second-order valence-electron chi connectivity index (χ2n) is 2.94. The fourth-order valence-corrected chi connectivity index (χ4v) is 3.35. The smallest absolute Gasteiger partial charge is 0.0991 e. The van der Waals surface area contributed by atoms with Gasteiger partial charge in [0.1, 0.15) is 0 Å². The molecule has 0 aliphatic rings. The Balaban J connectivity index is 2.24. The van der Waals surface area contributed by atoms with Crippen LogP contribution in [-0.2, 0) is 0 Å². The maximum Gasteiger partial charge on any atom is 0.0991 e. The molecular formula is C11H10OS2. The Morgan fingerprint density at radius 3 is 3.07 bits per heavy atom. The predicted octanol–water partition coefficient (Wildman–Crippen LogP) is 3.41. The molecule has 2 aromatic rings. The minimum atomic E-state index is -0.424. The molecule has 0 bridgehead atoms. The van der Waals surface area contributed by atoms with Crippen molar-refractivity contribution in [2.45, 2.75) is 19.4 Å². The number of thiophene rings is 2. The third kappa shape index (κ3) is 1.83. The van der Waals surface area contributed by atoms with Crippen LogP contribution >= 0.6 is 22.7 Å². The molecule has 72 valence electrons. The molecule has 2 aromatic heterocycles. The van der Waals surface area contributed by atoms with Crippen molar-refractivity contribution < 1.29 is 5.11 Å². The van der Waals surface area contributed by atoms with E-state index in [4.69, 9.17) is 0 Å². The molecule has 0 saturated heterocycles. The third-order valence-electron chi connectivity index (χ3n) is 1.96. The Morgan fingerprint density at radius 2 is 2.36 bits per heavy atom. The van der Waals surface area contributed by atoms with Gasteiger partial charge in [-0.3, -0.25) is 0 Å². The molecule has 14 heavy (non-hydrogen) atoms. The topological polar surface area (TPSA) is 20.2 Å². The highest BCUT2D eigenvalue weighted by molar-refractivity contribution is 7.26. The largest absolute Gasteiger partial charge is 0.387 e. The van der Waals surface area contributed by atoms with E-state index in [1.54, 1.807) is 29.6 Å². The van der Waals surface area contributed by atoms with E-state index in [9.17, 15) is 5.11 Å². The van der Waals surface area contributed by atoms with Crippen molar-refractivity contribution in [3.05, 3.63) is 22.4 Å². The second kappa shape index (κ2) is 4.14. The lowest BCUT2D eigenvalue weighted by Crippen LogP contribution is -1.91. The van der Waals surface area contributed by atoms with Gasteiger partial charge in [-0.25, -0.2) is 0 Å². The number of hydrogen-bond acceptors (Lipinski definition) is 3. The summed E-state index contributed by atoms with van der Waals surface area (Å²) >= 11 is 3.37. The molecule has 0 aromatic carbocycles. The van der Waals surface area contributed by atoms with Crippen molar-refractivity contribution in [3.63, 3.8) is 0 Å². The lowest BCUT2D eigenvalue weighted by atomic mass is 10.2. The van der Waals surface area contributed by atoms with E-state index in [-0.39, 0.29) is 0 Å². The average Bonchev–Trinajstić information content (AvgIpc) is 2.72. The van der Waals surface area contributed by atoms with Crippen LogP contribution in [0.25, 0.3) is 9.40 Å². The van der Waals surface area contributed by atoms with Gasteiger partial charge in [0.15, 0.2) is 0 Å². The first kappa shape index (κ1) is 9.72. The summed E-state index contributed by atoms with van der Waals surface area (Å²) < 4.78 is 2.52. The number of rotatable bonds is 2. The highest BCUT2D eigenvalue weighted by Gasteiger charge is 2.10. The van der Waals surface area contributed by atoms with Gasteiger partial charge in [0.2, 0.25) is 0 Å². The van der Waals surface area contributed by atoms with Gasteiger partial charge in [0, 0.05) is 20.7 Å². The molecule has 1 N–H and O–H groups in total. The van der Waals surface area contributed by atoms with Gasteiger partial charge in [0.25, 0.3) is 0 Å². The van der Waals surface area contributed by atoms with Crippen molar-refractivity contribution in [1.29, 1.82) is 0 Å². The van der Waals surface area contributed by atoms with Gasteiger partial charge in [-0.1, -0.05) is 0 Å². The Bertz CT molecular complexity index is 455. The Kier molecular flexibility index (Phi) is 2.87. The lowest BCUT2D eigenvalue weighted by Gasteiger charge is -2.01. The van der Waals surface area contributed by atoms with Crippen LogP contribution in [-0.4, -0.2) is 5.11 Å². The summed E-state index contributed by atoms with van der Waals surface area (Å²) in [7, 11) is 0. The zero-order valence-corrected chi connectivity index (χ0v) is 9.41. The predicted molar refractivity (Wildman–Crippen MR) is 62.7 cm³/mol. The van der Waals surface area contributed by atoms with E-state index in [2.05, 4.69) is 29.4 Å². The van der Waals surface area contributed by atoms with Crippen molar-refractivity contribution in [2.75, 3.05) is 0 Å². The average molecular weight is 222 g/mol. The van der Waals surface area contributed by atoms with Crippen LogP contribution < -0.4 is 0 Å². The summed E-state index contributed by atoms with van der Waals surface area (Å²) in [5.74, 6) is 5.69. The quantitative estimate of drug-likeness (QED) is 0.772. The molecule has 3 heteroatoms. The molecule has 2 heterocycles. The number of fused-ring (bicyclic) bond motifs is 1. The number of aliphatic hydroxyl groups is 1. The molecule has 1 nitrogen and oxygen atoms in total. The van der Waals surface area contributed by atoms with E-state index in [0.717, 1.165) is 4.88 Å². The summed E-state index contributed by atoms with van der Waals surface area (Å²) in [5.41, 5.74) is 0. The van der Waals surface area contributed by atoms with E-state index in [1.165, 1.54) is 9.40 Å². The summed E-state index contributed by atoms with van der Waals surface area (Å²) in [6, 6.07) is 4.15. The van der Waals surface area contributed by atoms with Gasteiger partial charge in [0.05, 0.1) is 6.10 Å². The van der Waals surface area contributed by atoms with Gasteiger partial charge in [-0.2, -0.15) is 0 Å². The Labute approximate surface area is 91.0 Å². The first-order chi connectivity index (χ1) is 6.81. The standard InChI is InChI=1S/C11H10OS2/c1-2-3-4-8(12)10-7-11-9(14-10)5-6-13-11/h5-8,12H,4H2,1H3. The summed E-state index contributed by atoms with van der Waals surface area (Å²) in [4.78, 5) is 1.02. The van der Waals surface area contributed by atoms with Crippen LogP contribution in [0.2, 0.25) is 0 Å². The van der Waals surface area contributed by atoms with E-state index in [0.29, 0.717) is 6.42 Å². The molecule has 0 aliphatic carbocycles. The zero-order chi connectivity index (χ0) is 9.97. The molecule has 2 rings (SSSR count). The summed E-state index contributed by atoms with van der Waals surface area (Å²) in [5, 5.41) is 11.9. The van der Waals surface area contributed by atoms with Crippen molar-refractivity contribution >= 4 is 32.1 Å². The highest BCUT2D eigenvalue weighted by atomic mass is 32.1. The first-order valence-electron chi connectivity index (χ1n) is 4.36. The van der Waals surface area contributed by atoms with Crippen LogP contribution in [0.1, 0.15) is 24.3 Å². The zero-order valence-electron chi connectivity index (χ0n) is 7.78. The third-order valence-corrected chi connectivity index (χ3v) is 4.15. The van der Waals surface area contributed by atoms with Crippen LogP contribution in [0.15, 0.2) is 17.5 Å². The van der Waals surface area contributed by atoms with Gasteiger partial charge >= 0.3 is 0 Å². The minimum absolute atomic E-state index is 0.424. The van der Waals surface area contributed by atoms with Crippen LogP contribution in [0.5, 0.6) is 0 Å². The van der Waals surface area contributed by atoms with Crippen LogP contribution in [0, 0.1) is 11.8 Å². The first-order valence-corrected chi connectivity index (χ1v) is 6.05. The SMILES string of the molecule is CC#CCC(O)c1cc2sccc2s1. The van der Waals surface area contributed by atoms with E-state index < -0.39 is 6.10 Å². The summed E-state index contributed by atoms with van der Waals surface area (Å²) in [6.07, 6.45) is 0.108. The maximum absolute atomic E-state index is 9.78. The lowest BCUT2D eigenvalue weighted by molar-refractivity contribution is 0.188. The molecule has 0 amide bonds. The molecule has 0 radical (unpaired) electrons. The van der Waals surface area contributed by atoms with Gasteiger partial charge in [-0.15, -0.1) is 34.5 Å². The van der Waals surface area contributed by atoms with Crippen molar-refractivity contribution in [1.82, 2.24) is 0 Å². The van der Waals surface area contributed by atoms with Crippen molar-refractivity contribution in [2.24, 2.45) is 0 Å². The molecule has 1 unspecified atom stereocenters. The number of aliphatic hydroxyl groups excluding tert-OH is 1.